The molecule has 1 aromatic carbocycles. The van der Waals surface area contributed by atoms with Crippen molar-refractivity contribution in [3.8, 4) is 5.69 Å². The van der Waals surface area contributed by atoms with Crippen LogP contribution in [0.3, 0.4) is 0 Å². The number of hydrogen-bond donors (Lipinski definition) is 1. The van der Waals surface area contributed by atoms with Gasteiger partial charge in [0.2, 0.25) is 0 Å². The summed E-state index contributed by atoms with van der Waals surface area (Å²) in [6.07, 6.45) is 1.52. The monoisotopic (exact) mass is 161 g/mol. The second-order valence-electron chi connectivity index (χ2n) is 2.35. The normalized spacial score (nSPS) is 10.0. The summed E-state index contributed by atoms with van der Waals surface area (Å²) in [6.45, 7) is 0. The quantitative estimate of drug-likeness (QED) is 0.608. The van der Waals surface area contributed by atoms with Gasteiger partial charge in [0.05, 0.1) is 5.69 Å². The smallest absolute Gasteiger partial charge is 0.143 e. The molecule has 5 heteroatoms. The molecule has 0 saturated carbocycles. The molecule has 2 aromatic rings. The van der Waals surface area contributed by atoms with Crippen LogP contribution in [0.5, 0.6) is 0 Å². The Labute approximate surface area is 68.8 Å². The first-order chi connectivity index (χ1) is 5.86. The van der Waals surface area contributed by atoms with Crippen molar-refractivity contribution in [3.63, 3.8) is 0 Å². The molecule has 12 heavy (non-hydrogen) atoms. The number of nitrogen functional groups attached to an aromatic ring is 1. The van der Waals surface area contributed by atoms with Gasteiger partial charge in [0.15, 0.2) is 0 Å². The van der Waals surface area contributed by atoms with Gasteiger partial charge in [-0.05, 0) is 28.6 Å². The van der Waals surface area contributed by atoms with Gasteiger partial charge in [-0.15, -0.1) is 5.10 Å². The molecule has 0 saturated heterocycles. The van der Waals surface area contributed by atoms with E-state index in [1.54, 1.807) is 10.7 Å². The van der Waals surface area contributed by atoms with Crippen molar-refractivity contribution in [1.82, 2.24) is 20.2 Å². The van der Waals surface area contributed by atoms with Crippen LogP contribution in [0.25, 0.3) is 5.69 Å². The molecule has 0 spiro atoms. The van der Waals surface area contributed by atoms with E-state index in [1.165, 1.54) is 6.33 Å². The Kier molecular flexibility index (Phi) is 1.48. The molecule has 0 unspecified atom stereocenters. The Hall–Kier alpha value is -1.91. The lowest BCUT2D eigenvalue weighted by molar-refractivity contribution is 0.789. The molecule has 1 heterocycles. The van der Waals surface area contributed by atoms with Crippen molar-refractivity contribution in [1.29, 1.82) is 0 Å². The minimum Gasteiger partial charge on any atom is -0.399 e. The molecule has 0 aliphatic rings. The summed E-state index contributed by atoms with van der Waals surface area (Å²) in [4.78, 5) is 0. The Morgan fingerprint density at radius 1 is 1.33 bits per heavy atom. The maximum atomic E-state index is 5.58. The molecule has 0 radical (unpaired) electrons. The van der Waals surface area contributed by atoms with Crippen LogP contribution in [0.15, 0.2) is 30.6 Å². The summed E-state index contributed by atoms with van der Waals surface area (Å²) < 4.78 is 1.55. The SMILES string of the molecule is Nc1cccc(-n2cnnn2)c1. The molecule has 5 nitrogen and oxygen atoms in total. The van der Waals surface area contributed by atoms with Gasteiger partial charge in [-0.1, -0.05) is 6.07 Å². The molecule has 0 bridgehead atoms. The fourth-order valence-electron chi connectivity index (χ4n) is 0.947. The predicted molar refractivity (Wildman–Crippen MR) is 43.6 cm³/mol. The van der Waals surface area contributed by atoms with E-state index in [0.29, 0.717) is 5.69 Å². The average molecular weight is 161 g/mol. The number of tetrazole rings is 1. The fourth-order valence-corrected chi connectivity index (χ4v) is 0.947. The molecule has 2 N–H and O–H groups in total. The standard InChI is InChI=1S/C7H7N5/c8-6-2-1-3-7(4-6)12-5-9-10-11-12/h1-5H,8H2. The highest BCUT2D eigenvalue weighted by Gasteiger charge is 1.95. The van der Waals surface area contributed by atoms with Crippen molar-refractivity contribution in [3.05, 3.63) is 30.6 Å². The molecule has 0 atom stereocenters. The van der Waals surface area contributed by atoms with E-state index in [4.69, 9.17) is 5.73 Å². The highest BCUT2D eigenvalue weighted by molar-refractivity contribution is 5.46. The molecule has 0 aliphatic carbocycles. The van der Waals surface area contributed by atoms with E-state index in [9.17, 15) is 0 Å². The maximum Gasteiger partial charge on any atom is 0.143 e. The van der Waals surface area contributed by atoms with Crippen molar-refractivity contribution < 1.29 is 0 Å². The van der Waals surface area contributed by atoms with Gasteiger partial charge in [0.25, 0.3) is 0 Å². The minimum absolute atomic E-state index is 0.697. The third-order valence-corrected chi connectivity index (χ3v) is 1.48. The lowest BCUT2D eigenvalue weighted by Gasteiger charge is -1.98. The van der Waals surface area contributed by atoms with Gasteiger partial charge in [0.1, 0.15) is 6.33 Å². The molecule has 0 fully saturated rings. The van der Waals surface area contributed by atoms with Crippen LogP contribution in [0.4, 0.5) is 5.69 Å². The lowest BCUT2D eigenvalue weighted by atomic mass is 10.3. The van der Waals surface area contributed by atoms with Crippen LogP contribution < -0.4 is 5.73 Å². The van der Waals surface area contributed by atoms with Crippen LogP contribution in [-0.2, 0) is 0 Å². The second-order valence-corrected chi connectivity index (χ2v) is 2.35. The summed E-state index contributed by atoms with van der Waals surface area (Å²) in [7, 11) is 0. The first-order valence-electron chi connectivity index (χ1n) is 3.45. The minimum atomic E-state index is 0.697. The van der Waals surface area contributed by atoms with E-state index >= 15 is 0 Å². The molecule has 0 aliphatic heterocycles. The third kappa shape index (κ3) is 1.12. The zero-order chi connectivity index (χ0) is 8.39. The van der Waals surface area contributed by atoms with Gasteiger partial charge < -0.3 is 5.73 Å². The number of nitrogens with two attached hydrogens (primary N) is 1. The molecular formula is C7H7N5. The van der Waals surface area contributed by atoms with Crippen LogP contribution in [0.2, 0.25) is 0 Å². The fraction of sp³-hybridized carbons (Fsp3) is 0. The number of benzene rings is 1. The number of hydrogen-bond acceptors (Lipinski definition) is 4. The van der Waals surface area contributed by atoms with E-state index < -0.39 is 0 Å². The van der Waals surface area contributed by atoms with Gasteiger partial charge in [-0.3, -0.25) is 0 Å². The van der Waals surface area contributed by atoms with Crippen molar-refractivity contribution in [2.45, 2.75) is 0 Å². The van der Waals surface area contributed by atoms with E-state index in [1.807, 2.05) is 18.2 Å². The number of nitrogens with zero attached hydrogens (tertiary/aromatic N) is 4. The summed E-state index contributed by atoms with van der Waals surface area (Å²) in [5, 5.41) is 10.8. The van der Waals surface area contributed by atoms with Crippen LogP contribution in [-0.4, -0.2) is 20.2 Å². The molecule has 1 aromatic heterocycles. The van der Waals surface area contributed by atoms with Gasteiger partial charge in [0, 0.05) is 5.69 Å². The Morgan fingerprint density at radius 3 is 2.92 bits per heavy atom. The van der Waals surface area contributed by atoms with E-state index in [0.717, 1.165) is 5.69 Å². The Balaban J connectivity index is 2.48. The van der Waals surface area contributed by atoms with Crippen molar-refractivity contribution in [2.75, 3.05) is 5.73 Å². The van der Waals surface area contributed by atoms with Gasteiger partial charge in [-0.2, -0.15) is 0 Å². The van der Waals surface area contributed by atoms with Crippen LogP contribution in [0, 0.1) is 0 Å². The van der Waals surface area contributed by atoms with E-state index in [-0.39, 0.29) is 0 Å². The number of anilines is 1. The van der Waals surface area contributed by atoms with Crippen LogP contribution >= 0.6 is 0 Å². The van der Waals surface area contributed by atoms with Gasteiger partial charge in [-0.25, -0.2) is 4.68 Å². The first kappa shape index (κ1) is 6.78. The molecule has 60 valence electrons. The molecular weight excluding hydrogens is 154 g/mol. The zero-order valence-electron chi connectivity index (χ0n) is 6.25. The van der Waals surface area contributed by atoms with Gasteiger partial charge >= 0.3 is 0 Å². The third-order valence-electron chi connectivity index (χ3n) is 1.48. The Bertz CT molecular complexity index is 367. The Morgan fingerprint density at radius 2 is 2.25 bits per heavy atom. The summed E-state index contributed by atoms with van der Waals surface area (Å²) in [6, 6.07) is 7.35. The largest absolute Gasteiger partial charge is 0.399 e. The summed E-state index contributed by atoms with van der Waals surface area (Å²) in [5.74, 6) is 0. The lowest BCUT2D eigenvalue weighted by Crippen LogP contribution is -1.95. The first-order valence-corrected chi connectivity index (χ1v) is 3.45. The molecule has 0 amide bonds. The van der Waals surface area contributed by atoms with Crippen molar-refractivity contribution in [2.24, 2.45) is 0 Å². The summed E-state index contributed by atoms with van der Waals surface area (Å²) >= 11 is 0. The van der Waals surface area contributed by atoms with Crippen molar-refractivity contribution >= 4 is 5.69 Å². The average Bonchev–Trinajstić information content (AvgIpc) is 2.56. The zero-order valence-corrected chi connectivity index (χ0v) is 6.25. The highest BCUT2D eigenvalue weighted by atomic mass is 15.5. The number of rotatable bonds is 1. The molecule has 2 rings (SSSR count). The number of aromatic nitrogens is 4. The van der Waals surface area contributed by atoms with Crippen LogP contribution in [0.1, 0.15) is 0 Å². The summed E-state index contributed by atoms with van der Waals surface area (Å²) in [5.41, 5.74) is 7.14. The maximum absolute atomic E-state index is 5.58. The van der Waals surface area contributed by atoms with E-state index in [2.05, 4.69) is 15.5 Å². The predicted octanol–water partition coefficient (Wildman–Crippen LogP) is 0.244. The topological polar surface area (TPSA) is 69.6 Å². The highest BCUT2D eigenvalue weighted by Crippen LogP contribution is 2.08. The second kappa shape index (κ2) is 2.61.